The van der Waals surface area contributed by atoms with Gasteiger partial charge in [0.2, 0.25) is 0 Å². The zero-order valence-electron chi connectivity index (χ0n) is 11.0. The molecule has 0 saturated carbocycles. The highest BCUT2D eigenvalue weighted by Gasteiger charge is 2.32. The summed E-state index contributed by atoms with van der Waals surface area (Å²) in [6.07, 6.45) is 0. The molecule has 1 aromatic carbocycles. The Kier molecular flexibility index (Phi) is 4.19. The van der Waals surface area contributed by atoms with Gasteiger partial charge in [-0.25, -0.2) is 0 Å². The third-order valence-electron chi connectivity index (χ3n) is 3.67. The van der Waals surface area contributed by atoms with Gasteiger partial charge in [-0.15, -0.1) is 0 Å². The second-order valence-electron chi connectivity index (χ2n) is 5.63. The van der Waals surface area contributed by atoms with Crippen molar-refractivity contribution in [2.24, 2.45) is 17.6 Å². The molecular weight excluding hydrogens is 208 g/mol. The van der Waals surface area contributed by atoms with E-state index < -0.39 is 0 Å². The molecule has 17 heavy (non-hydrogen) atoms. The molecule has 0 bridgehead atoms. The zero-order chi connectivity index (χ0) is 12.3. The predicted molar refractivity (Wildman–Crippen MR) is 73.0 cm³/mol. The summed E-state index contributed by atoms with van der Waals surface area (Å²) in [4.78, 5) is 2.57. The monoisotopic (exact) mass is 232 g/mol. The summed E-state index contributed by atoms with van der Waals surface area (Å²) < 4.78 is 0. The Morgan fingerprint density at radius 2 is 1.94 bits per heavy atom. The van der Waals surface area contributed by atoms with E-state index in [1.165, 1.54) is 18.7 Å². The maximum absolute atomic E-state index is 5.93. The van der Waals surface area contributed by atoms with Gasteiger partial charge >= 0.3 is 0 Å². The van der Waals surface area contributed by atoms with Crippen molar-refractivity contribution in [3.63, 3.8) is 0 Å². The van der Waals surface area contributed by atoms with Crippen LogP contribution in [0.15, 0.2) is 30.3 Å². The molecule has 1 aliphatic heterocycles. The van der Waals surface area contributed by atoms with E-state index in [1.807, 2.05) is 0 Å². The summed E-state index contributed by atoms with van der Waals surface area (Å²) in [5.74, 6) is 1.99. The molecule has 2 heteroatoms. The highest BCUT2D eigenvalue weighted by Crippen LogP contribution is 2.32. The first-order valence-electron chi connectivity index (χ1n) is 6.68. The number of likely N-dealkylation sites (tertiary alicyclic amines) is 1. The molecule has 0 radical (unpaired) electrons. The Labute approximate surface area is 105 Å². The lowest BCUT2D eigenvalue weighted by atomic mass is 9.89. The topological polar surface area (TPSA) is 29.3 Å². The van der Waals surface area contributed by atoms with Crippen LogP contribution in [0.4, 0.5) is 0 Å². The molecule has 0 aliphatic carbocycles. The van der Waals surface area contributed by atoms with Crippen LogP contribution >= 0.6 is 0 Å². The molecule has 94 valence electrons. The molecule has 0 spiro atoms. The van der Waals surface area contributed by atoms with Gasteiger partial charge in [-0.3, -0.25) is 0 Å². The standard InChI is InChI=1S/C15H24N2/c1-12(2)9-17-10-14(8-16)15(11-17)13-6-4-3-5-7-13/h3-7,12,14-15H,8-11,16H2,1-2H3/t14-,15+/m1/s1. The van der Waals surface area contributed by atoms with Crippen LogP contribution in [-0.2, 0) is 0 Å². The molecule has 1 saturated heterocycles. The molecule has 0 unspecified atom stereocenters. The molecule has 2 atom stereocenters. The van der Waals surface area contributed by atoms with Crippen LogP contribution in [0, 0.1) is 11.8 Å². The zero-order valence-corrected chi connectivity index (χ0v) is 11.0. The van der Waals surface area contributed by atoms with Crippen LogP contribution in [0.3, 0.4) is 0 Å². The number of nitrogens with zero attached hydrogens (tertiary/aromatic N) is 1. The molecule has 2 nitrogen and oxygen atoms in total. The van der Waals surface area contributed by atoms with Crippen molar-refractivity contribution in [3.8, 4) is 0 Å². The highest BCUT2D eigenvalue weighted by molar-refractivity contribution is 5.22. The summed E-state index contributed by atoms with van der Waals surface area (Å²) in [6, 6.07) is 10.8. The minimum atomic E-state index is 0.621. The molecule has 1 aliphatic rings. The van der Waals surface area contributed by atoms with Gasteiger partial charge in [-0.1, -0.05) is 44.2 Å². The lowest BCUT2D eigenvalue weighted by Gasteiger charge is -2.18. The third-order valence-corrected chi connectivity index (χ3v) is 3.67. The Bertz CT molecular complexity index is 334. The first-order chi connectivity index (χ1) is 8.20. The molecular formula is C15H24N2. The van der Waals surface area contributed by atoms with E-state index in [2.05, 4.69) is 49.1 Å². The van der Waals surface area contributed by atoms with E-state index in [0.29, 0.717) is 11.8 Å². The second kappa shape index (κ2) is 5.65. The summed E-state index contributed by atoms with van der Waals surface area (Å²) in [6.45, 7) is 8.90. The fourth-order valence-electron chi connectivity index (χ4n) is 2.94. The lowest BCUT2D eigenvalue weighted by molar-refractivity contribution is 0.287. The number of benzene rings is 1. The first-order valence-corrected chi connectivity index (χ1v) is 6.68. The number of hydrogen-bond donors (Lipinski definition) is 1. The van der Waals surface area contributed by atoms with Gasteiger partial charge in [0, 0.05) is 25.6 Å². The van der Waals surface area contributed by atoms with Crippen molar-refractivity contribution in [2.45, 2.75) is 19.8 Å². The Balaban J connectivity index is 2.07. The van der Waals surface area contributed by atoms with E-state index in [4.69, 9.17) is 5.73 Å². The number of nitrogens with two attached hydrogens (primary N) is 1. The summed E-state index contributed by atoms with van der Waals surface area (Å²) in [5, 5.41) is 0. The average molecular weight is 232 g/mol. The summed E-state index contributed by atoms with van der Waals surface area (Å²) >= 11 is 0. The SMILES string of the molecule is CC(C)CN1C[C@@H](CN)[C@H](c2ccccc2)C1. The van der Waals surface area contributed by atoms with Crippen LogP contribution in [0.5, 0.6) is 0 Å². The molecule has 1 fully saturated rings. The fourth-order valence-corrected chi connectivity index (χ4v) is 2.94. The maximum atomic E-state index is 5.93. The number of hydrogen-bond acceptors (Lipinski definition) is 2. The molecule has 0 amide bonds. The summed E-state index contributed by atoms with van der Waals surface area (Å²) in [7, 11) is 0. The molecule has 2 N–H and O–H groups in total. The van der Waals surface area contributed by atoms with Crippen molar-refractivity contribution in [3.05, 3.63) is 35.9 Å². The first kappa shape index (κ1) is 12.6. The van der Waals surface area contributed by atoms with Crippen molar-refractivity contribution >= 4 is 0 Å². The largest absolute Gasteiger partial charge is 0.330 e. The van der Waals surface area contributed by atoms with Crippen molar-refractivity contribution < 1.29 is 0 Å². The average Bonchev–Trinajstić information content (AvgIpc) is 2.72. The van der Waals surface area contributed by atoms with Gasteiger partial charge < -0.3 is 10.6 Å². The van der Waals surface area contributed by atoms with Crippen molar-refractivity contribution in [2.75, 3.05) is 26.2 Å². The van der Waals surface area contributed by atoms with Crippen molar-refractivity contribution in [1.82, 2.24) is 4.90 Å². The van der Waals surface area contributed by atoms with Gasteiger partial charge in [-0.05, 0) is 23.9 Å². The van der Waals surface area contributed by atoms with E-state index in [1.54, 1.807) is 0 Å². The highest BCUT2D eigenvalue weighted by atomic mass is 15.2. The van der Waals surface area contributed by atoms with Crippen LogP contribution in [0.1, 0.15) is 25.3 Å². The van der Waals surface area contributed by atoms with Gasteiger partial charge in [-0.2, -0.15) is 0 Å². The minimum absolute atomic E-state index is 0.621. The molecule has 1 aromatic rings. The molecule has 0 aromatic heterocycles. The summed E-state index contributed by atoms with van der Waals surface area (Å²) in [5.41, 5.74) is 7.38. The Morgan fingerprint density at radius 3 is 2.53 bits per heavy atom. The minimum Gasteiger partial charge on any atom is -0.330 e. The quantitative estimate of drug-likeness (QED) is 0.863. The van der Waals surface area contributed by atoms with Crippen LogP contribution < -0.4 is 5.73 Å². The van der Waals surface area contributed by atoms with Crippen molar-refractivity contribution in [1.29, 1.82) is 0 Å². The van der Waals surface area contributed by atoms with E-state index in [-0.39, 0.29) is 0 Å². The fraction of sp³-hybridized carbons (Fsp3) is 0.600. The molecule has 1 heterocycles. The lowest BCUT2D eigenvalue weighted by Crippen LogP contribution is -2.26. The Hall–Kier alpha value is -0.860. The normalized spacial score (nSPS) is 25.6. The smallest absolute Gasteiger partial charge is 0.00541 e. The van der Waals surface area contributed by atoms with Gasteiger partial charge in [0.1, 0.15) is 0 Å². The predicted octanol–water partition coefficient (Wildman–Crippen LogP) is 2.32. The van der Waals surface area contributed by atoms with Crippen LogP contribution in [0.25, 0.3) is 0 Å². The van der Waals surface area contributed by atoms with Crippen LogP contribution in [-0.4, -0.2) is 31.1 Å². The Morgan fingerprint density at radius 1 is 1.24 bits per heavy atom. The number of rotatable bonds is 4. The third kappa shape index (κ3) is 3.08. The van der Waals surface area contributed by atoms with E-state index in [9.17, 15) is 0 Å². The van der Waals surface area contributed by atoms with Gasteiger partial charge in [0.05, 0.1) is 0 Å². The van der Waals surface area contributed by atoms with E-state index >= 15 is 0 Å². The van der Waals surface area contributed by atoms with Gasteiger partial charge in [0.25, 0.3) is 0 Å². The second-order valence-corrected chi connectivity index (χ2v) is 5.63. The van der Waals surface area contributed by atoms with Gasteiger partial charge in [0.15, 0.2) is 0 Å². The van der Waals surface area contributed by atoms with E-state index in [0.717, 1.165) is 19.0 Å². The maximum Gasteiger partial charge on any atom is 0.00541 e. The molecule has 2 rings (SSSR count). The van der Waals surface area contributed by atoms with Crippen LogP contribution in [0.2, 0.25) is 0 Å².